The number of alkyl halides is 3. The summed E-state index contributed by atoms with van der Waals surface area (Å²) >= 11 is 13.5. The summed E-state index contributed by atoms with van der Waals surface area (Å²) in [5.74, 6) is -0.540. The largest absolute Gasteiger partial charge is 0.534 e. The highest BCUT2D eigenvalue weighted by molar-refractivity contribution is 9.11. The van der Waals surface area contributed by atoms with E-state index in [1.165, 1.54) is 69.1 Å². The third kappa shape index (κ3) is 25.0. The van der Waals surface area contributed by atoms with Gasteiger partial charge in [-0.25, -0.2) is 0 Å². The maximum Gasteiger partial charge on any atom is 0.534 e. The fraction of sp³-hybridized carbons (Fsp3) is 0.333. The number of fused-ring (bicyclic) bond motifs is 5. The lowest BCUT2D eigenvalue weighted by molar-refractivity contribution is -0.0499. The minimum atomic E-state index is -5.81. The van der Waals surface area contributed by atoms with Crippen LogP contribution in [0.25, 0.3) is 99.0 Å². The van der Waals surface area contributed by atoms with Crippen molar-refractivity contribution in [3.05, 3.63) is 335 Å². The summed E-state index contributed by atoms with van der Waals surface area (Å²) in [7, 11) is -6.08. The number of aromatic amines is 3. The number of Topliss-reactive ketones (excluding diaryl/α,β-unsaturated/α-hetero) is 1. The third-order valence-electron chi connectivity index (χ3n) is 27.6. The molecule has 0 spiro atoms. The number of pyridine rings is 5. The first kappa shape index (κ1) is 107. The summed E-state index contributed by atoms with van der Waals surface area (Å²) in [6.07, 6.45) is 6.49. The Bertz CT molecular complexity index is 7500. The molecule has 0 radical (unpaired) electrons. The average Bonchev–Trinajstić information content (AvgIpc) is 1.09. The predicted octanol–water partition coefficient (Wildman–Crippen LogP) is 22.7. The van der Waals surface area contributed by atoms with E-state index in [0.29, 0.717) is 27.7 Å². The van der Waals surface area contributed by atoms with Crippen LogP contribution in [-0.2, 0) is 64.6 Å². The van der Waals surface area contributed by atoms with Crippen LogP contribution in [0.1, 0.15) is 123 Å². The zero-order valence-corrected chi connectivity index (χ0v) is 88.8. The summed E-state index contributed by atoms with van der Waals surface area (Å²) < 4.78 is 102. The zero-order chi connectivity index (χ0) is 103. The summed E-state index contributed by atoms with van der Waals surface area (Å²) in [5.41, 5.74) is 23.2. The van der Waals surface area contributed by atoms with Crippen molar-refractivity contribution in [2.45, 2.75) is 147 Å². The molecule has 10 heterocycles. The summed E-state index contributed by atoms with van der Waals surface area (Å²) in [6, 6.07) is 59.9. The van der Waals surface area contributed by atoms with E-state index in [0.717, 1.165) is 257 Å². The van der Waals surface area contributed by atoms with E-state index in [1.54, 1.807) is 37.5 Å². The van der Waals surface area contributed by atoms with Crippen LogP contribution < -0.4 is 25.9 Å². The number of carbonyl (C=O) groups is 1. The Kier molecular flexibility index (Phi) is 34.7. The van der Waals surface area contributed by atoms with Gasteiger partial charge < -0.3 is 47.4 Å². The van der Waals surface area contributed by atoms with Crippen molar-refractivity contribution in [1.29, 1.82) is 0 Å². The molecule has 0 aliphatic carbocycles. The van der Waals surface area contributed by atoms with Crippen molar-refractivity contribution in [1.82, 2.24) is 44.5 Å². The SMILES string of the molecule is CC(=O)c1cc(=O)c2c(C)c(Br)c(C)cc2[nH]1.CC1(C)OB(c2ccc(CN3CCOCC3)cc2)OC1(C)C.Cc1cc2[nH]ccc(=O)c2c(C)c1-c1ccc(CN2CCOCC2)cc1.Cc1cc2[nH]ccc(=O)c2c(C)c1Br.Cc1cc2nccc(-c3ccccc3Cl)c2c(C)c1-c1ccc(CN2CCOCC2)cc1.Cc1cc2nccc(OS(=O)(=O)C(F)(F)F)c2c(C)c1-c1ccc(CN2CCOCC2)cc1. The van der Waals surface area contributed by atoms with Crippen LogP contribution >= 0.6 is 43.5 Å². The Morgan fingerprint density at radius 1 is 0.438 bits per heavy atom. The number of morpholine rings is 4. The van der Waals surface area contributed by atoms with E-state index < -0.39 is 21.4 Å². The maximum atomic E-state index is 12.9. The van der Waals surface area contributed by atoms with Crippen LogP contribution in [-0.4, -0.2) is 188 Å². The number of benzene rings is 10. The fourth-order valence-corrected chi connectivity index (χ4v) is 20.6. The topological polar surface area (TPSA) is 253 Å². The number of nitrogens with zero attached hydrogens (tertiary/aromatic N) is 6. The lowest BCUT2D eigenvalue weighted by Crippen LogP contribution is -2.41. The number of ether oxygens (including phenoxy) is 4. The lowest BCUT2D eigenvalue weighted by Gasteiger charge is -2.32. The summed E-state index contributed by atoms with van der Waals surface area (Å²) in [4.78, 5) is 75.0. The monoisotopic (exact) mass is 2120 g/mol. The van der Waals surface area contributed by atoms with E-state index in [-0.39, 0.29) is 45.8 Å². The number of carbonyl (C=O) groups excluding carboxylic acids is 1. The summed E-state index contributed by atoms with van der Waals surface area (Å²) in [6.45, 7) is 47.6. The summed E-state index contributed by atoms with van der Waals surface area (Å²) in [5, 5.41) is 4.33. The number of ketones is 1. The van der Waals surface area contributed by atoms with Crippen molar-refractivity contribution >= 4 is 126 Å². The maximum absolute atomic E-state index is 12.9. The van der Waals surface area contributed by atoms with Crippen LogP contribution in [0, 0.1) is 69.2 Å². The number of aryl methyl sites for hydroxylation is 10. The number of rotatable bonds is 16. The number of hydrogen-bond donors (Lipinski definition) is 3. The molecule has 144 heavy (non-hydrogen) atoms. The number of halogens is 6. The van der Waals surface area contributed by atoms with E-state index >= 15 is 0 Å². The van der Waals surface area contributed by atoms with Crippen molar-refractivity contribution in [3.63, 3.8) is 0 Å². The Labute approximate surface area is 860 Å². The molecule has 5 aliphatic heterocycles. The van der Waals surface area contributed by atoms with Gasteiger partial charge in [-0.05, 0) is 262 Å². The van der Waals surface area contributed by atoms with Crippen molar-refractivity contribution in [3.8, 4) is 50.3 Å². The van der Waals surface area contributed by atoms with Gasteiger partial charge in [-0.15, -0.1) is 0 Å². The molecule has 15 aromatic rings. The average molecular weight is 2120 g/mol. The van der Waals surface area contributed by atoms with Crippen LogP contribution in [0.2, 0.25) is 5.02 Å². The second kappa shape index (κ2) is 46.7. The molecule has 0 saturated carbocycles. The van der Waals surface area contributed by atoms with E-state index in [4.69, 9.17) is 39.9 Å². The van der Waals surface area contributed by atoms with E-state index in [9.17, 15) is 40.8 Å². The zero-order valence-electron chi connectivity index (χ0n) is 84.0. The highest BCUT2D eigenvalue weighted by Crippen LogP contribution is 2.44. The molecule has 30 heteroatoms. The molecule has 0 amide bonds. The molecule has 5 aromatic heterocycles. The second-order valence-electron chi connectivity index (χ2n) is 38.3. The van der Waals surface area contributed by atoms with Crippen LogP contribution in [0.5, 0.6) is 5.75 Å². The molecule has 5 aliphatic rings. The minimum absolute atomic E-state index is 0.0666. The predicted molar refractivity (Wildman–Crippen MR) is 579 cm³/mol. The van der Waals surface area contributed by atoms with Gasteiger partial charge in [0, 0.05) is 192 Å². The van der Waals surface area contributed by atoms with Gasteiger partial charge in [-0.3, -0.25) is 48.7 Å². The minimum Gasteiger partial charge on any atom is -0.399 e. The van der Waals surface area contributed by atoms with Gasteiger partial charge in [0.15, 0.2) is 27.8 Å². The smallest absolute Gasteiger partial charge is 0.399 e. The normalized spacial score (nSPS) is 15.7. The molecule has 5 saturated heterocycles. The van der Waals surface area contributed by atoms with Gasteiger partial charge in [0.05, 0.1) is 86.3 Å². The van der Waals surface area contributed by atoms with Gasteiger partial charge >= 0.3 is 22.7 Å². The standard InChI is InChI=1S/C28H27ClN2O.C23H23F3N2O4S.C22H24N2O2.C17H26BNO3.C13H12BrNO2.C11H10BrNO/c1-19-17-26-28(24(11-12-30-26)23-5-3-4-6-25(23)29)20(2)27(19)22-9-7-21(8-10-22)18-31-13-15-32-16-14-31;1-15-13-19-22(20(7-8-27-19)32-33(29,30)23(24,25)26)16(2)21(15)18-5-3-17(4-6-18)14-28-9-11-31-12-10-28;1-15-13-19-22(20(25)7-8-23-19)16(2)21(15)18-5-3-17(4-6-18)14-24-9-11-26-12-10-24;1-16(2)17(3,4)22-18(21-16)15-7-5-14(6-8-15)13-19-9-11-20-12-10-19;1-6-4-10-12(7(2)13(6)14)11(17)5-9(15-10)8(3)16;1-6-5-8-10(7(2)11(6)12)9(14)3-4-13-8/h3-12,17H,13-16,18H2,1-2H3;3-8,13H,9-12,14H2,1-2H3;3-8,13H,9-12,14H2,1-2H3,(H,23,25);5-8H,9-13H2,1-4H3;4-5H,1-3H3,(H,15,17);3-5H,1-2H3,(H,13,14). The Hall–Kier alpha value is -11.2. The third-order valence-corrected chi connectivity index (χ3v) is 31.3. The lowest BCUT2D eigenvalue weighted by atomic mass is 9.79. The Morgan fingerprint density at radius 3 is 1.20 bits per heavy atom. The second-order valence-corrected chi connectivity index (χ2v) is 41.8. The Balaban J connectivity index is 0.000000133. The molecule has 20 rings (SSSR count). The van der Waals surface area contributed by atoms with Gasteiger partial charge in [-0.2, -0.15) is 21.6 Å². The molecule has 0 unspecified atom stereocenters. The fourth-order valence-electron chi connectivity index (χ4n) is 19.3. The van der Waals surface area contributed by atoms with Crippen molar-refractivity contribution in [2.75, 3.05) is 105 Å². The van der Waals surface area contributed by atoms with Gasteiger partial charge in [-0.1, -0.05) is 159 Å². The molecular formula is C114H122BBr2ClF3N9O13S. The van der Waals surface area contributed by atoms with Crippen LogP contribution in [0.15, 0.2) is 230 Å². The van der Waals surface area contributed by atoms with Gasteiger partial charge in [0.2, 0.25) is 0 Å². The number of aromatic nitrogens is 5. The Morgan fingerprint density at radius 2 is 0.792 bits per heavy atom. The number of nitrogens with one attached hydrogen (secondary N) is 3. The molecule has 3 N–H and O–H groups in total. The van der Waals surface area contributed by atoms with Crippen molar-refractivity contribution < 1.29 is 58.8 Å². The highest BCUT2D eigenvalue weighted by atomic mass is 79.9. The molecule has 752 valence electrons. The van der Waals surface area contributed by atoms with Gasteiger partial charge in [0.1, 0.15) is 0 Å². The molecule has 5 fully saturated rings. The molecule has 22 nitrogen and oxygen atoms in total. The highest BCUT2D eigenvalue weighted by Gasteiger charge is 2.52. The first-order valence-electron chi connectivity index (χ1n) is 48.4. The van der Waals surface area contributed by atoms with E-state index in [2.05, 4.69) is 226 Å². The molecule has 0 bridgehead atoms. The van der Waals surface area contributed by atoms with Crippen LogP contribution in [0.3, 0.4) is 0 Å². The van der Waals surface area contributed by atoms with Crippen LogP contribution in [0.4, 0.5) is 13.2 Å². The molecule has 0 atom stereocenters. The first-order valence-corrected chi connectivity index (χ1v) is 51.8. The number of H-pyrrole nitrogens is 3. The quantitative estimate of drug-likeness (QED) is 0.0352. The number of hydrogen-bond acceptors (Lipinski definition) is 19. The first-order chi connectivity index (χ1) is 68.7. The molecule has 10 aromatic carbocycles. The van der Waals surface area contributed by atoms with Crippen molar-refractivity contribution in [2.24, 2.45) is 0 Å². The van der Waals surface area contributed by atoms with E-state index in [1.807, 2.05) is 102 Å². The molecular weight excluding hydrogens is 2000 g/mol. The van der Waals surface area contributed by atoms with Gasteiger partial charge in [0.25, 0.3) is 0 Å².